The molecule has 2 amide bonds. The van der Waals surface area contributed by atoms with Gasteiger partial charge in [-0.1, -0.05) is 35.9 Å². The van der Waals surface area contributed by atoms with Gasteiger partial charge in [0.25, 0.3) is 5.91 Å². The highest BCUT2D eigenvalue weighted by Crippen LogP contribution is 2.32. The molecule has 0 aliphatic heterocycles. The molecular weight excluding hydrogens is 523 g/mol. The number of rotatable bonds is 11. The van der Waals surface area contributed by atoms with E-state index in [1.807, 2.05) is 19.0 Å². The lowest BCUT2D eigenvalue weighted by molar-refractivity contribution is -0.127. The minimum Gasteiger partial charge on any atom is -0.425 e. The third-order valence-corrected chi connectivity index (χ3v) is 5.73. The molecule has 3 aromatic rings. The number of alkyl halides is 3. The number of ether oxygens (including phenoxy) is 1. The maximum atomic E-state index is 13.4. The van der Waals surface area contributed by atoms with Gasteiger partial charge in [0.1, 0.15) is 5.75 Å². The zero-order valence-electron chi connectivity index (χ0n) is 21.5. The molecule has 0 spiro atoms. The van der Waals surface area contributed by atoms with Gasteiger partial charge in [0.2, 0.25) is 6.41 Å². The smallest absolute Gasteiger partial charge is 0.393 e. The predicted molar refractivity (Wildman–Crippen MR) is 139 cm³/mol. The lowest BCUT2D eigenvalue weighted by atomic mass is 10.1. The number of carbonyl (C=O) groups is 2. The van der Waals surface area contributed by atoms with E-state index in [9.17, 15) is 22.8 Å². The molecule has 0 atom stereocenters. The van der Waals surface area contributed by atoms with Gasteiger partial charge in [-0.05, 0) is 49.5 Å². The van der Waals surface area contributed by atoms with Crippen molar-refractivity contribution in [3.8, 4) is 11.8 Å². The Morgan fingerprint density at radius 1 is 1.05 bits per heavy atom. The van der Waals surface area contributed by atoms with Crippen LogP contribution in [0.1, 0.15) is 21.6 Å². The number of nitrogens with zero attached hydrogens (tertiary/aromatic N) is 5. The Morgan fingerprint density at radius 2 is 1.74 bits per heavy atom. The van der Waals surface area contributed by atoms with Crippen LogP contribution in [0, 0.1) is 0 Å². The number of carbonyl (C=O) groups excluding carboxylic acids is 2. The summed E-state index contributed by atoms with van der Waals surface area (Å²) < 4.78 is 46.4. The Labute approximate surface area is 224 Å². The van der Waals surface area contributed by atoms with Crippen LogP contribution < -0.4 is 9.64 Å². The molecule has 204 valence electrons. The van der Waals surface area contributed by atoms with E-state index in [0.29, 0.717) is 18.0 Å². The van der Waals surface area contributed by atoms with Gasteiger partial charge in [-0.15, -0.1) is 0 Å². The zero-order valence-corrected chi connectivity index (χ0v) is 22.3. The summed E-state index contributed by atoms with van der Waals surface area (Å²) in [5.74, 6) is -0.245. The third kappa shape index (κ3) is 7.72. The van der Waals surface area contributed by atoms with E-state index < -0.39 is 18.5 Å². The van der Waals surface area contributed by atoms with Gasteiger partial charge in [-0.3, -0.25) is 19.1 Å². The fraction of sp³-hybridized carbons (Fsp3) is 0.346. The van der Waals surface area contributed by atoms with Gasteiger partial charge in [-0.25, -0.2) is 0 Å². The van der Waals surface area contributed by atoms with E-state index in [0.717, 1.165) is 5.56 Å². The molecule has 1 aromatic heterocycles. The Hall–Kier alpha value is -3.57. The molecule has 0 bridgehead atoms. The first-order chi connectivity index (χ1) is 17.9. The number of imidazole rings is 1. The van der Waals surface area contributed by atoms with Crippen molar-refractivity contribution >= 4 is 29.7 Å². The fourth-order valence-corrected chi connectivity index (χ4v) is 3.74. The summed E-state index contributed by atoms with van der Waals surface area (Å²) in [5, 5.41) is 0.526. The minimum absolute atomic E-state index is 0.0103. The highest BCUT2D eigenvalue weighted by Gasteiger charge is 2.30. The second-order valence-electron chi connectivity index (χ2n) is 9.12. The van der Waals surface area contributed by atoms with Gasteiger partial charge in [0.05, 0.1) is 13.0 Å². The number of benzene rings is 2. The van der Waals surface area contributed by atoms with Crippen molar-refractivity contribution in [2.24, 2.45) is 0 Å². The maximum absolute atomic E-state index is 13.4. The van der Waals surface area contributed by atoms with E-state index in [1.165, 1.54) is 38.6 Å². The number of hydrogen-bond donors (Lipinski definition) is 0. The van der Waals surface area contributed by atoms with Crippen molar-refractivity contribution in [1.29, 1.82) is 0 Å². The van der Waals surface area contributed by atoms with Crippen molar-refractivity contribution < 1.29 is 27.5 Å². The average molecular weight is 552 g/mol. The van der Waals surface area contributed by atoms with Crippen molar-refractivity contribution in [3.63, 3.8) is 0 Å². The molecular formula is C26H29ClF3N5O3. The molecule has 0 aliphatic carbocycles. The molecule has 2 aromatic carbocycles. The highest BCUT2D eigenvalue weighted by molar-refractivity contribution is 6.30. The van der Waals surface area contributed by atoms with E-state index in [2.05, 4.69) is 4.98 Å². The molecule has 1 heterocycles. The summed E-state index contributed by atoms with van der Waals surface area (Å²) in [7, 11) is 6.82. The normalized spacial score (nSPS) is 11.5. The summed E-state index contributed by atoms with van der Waals surface area (Å²) in [5.41, 5.74) is 0.862. The molecule has 0 radical (unpaired) electrons. The second kappa shape index (κ2) is 12.3. The van der Waals surface area contributed by atoms with Crippen LogP contribution in [0.5, 0.6) is 11.8 Å². The summed E-state index contributed by atoms with van der Waals surface area (Å²) in [6.07, 6.45) is -4.93. The summed E-state index contributed by atoms with van der Waals surface area (Å²) >= 11 is 6.03. The number of halogens is 4. The Morgan fingerprint density at radius 3 is 2.32 bits per heavy atom. The molecule has 0 aliphatic rings. The Kier molecular flexibility index (Phi) is 9.40. The van der Waals surface area contributed by atoms with E-state index in [4.69, 9.17) is 16.3 Å². The standard InChI is InChI=1S/C26H29ClF3N5O3/c1-32(2)12-13-34(17-36)23-22(24(37)33(3)4)35(16-18-8-10-20(27)11-9-18)25(31-23)38-21-7-5-6-19(14-21)15-26(28,29)30/h5-11,14,17H,12-13,15-16H2,1-4H3. The Balaban J connectivity index is 2.15. The molecule has 0 N–H and O–H groups in total. The molecule has 0 unspecified atom stereocenters. The van der Waals surface area contributed by atoms with Gasteiger partial charge >= 0.3 is 12.2 Å². The quantitative estimate of drug-likeness (QED) is 0.323. The number of anilines is 1. The summed E-state index contributed by atoms with van der Waals surface area (Å²) in [6, 6.07) is 12.4. The van der Waals surface area contributed by atoms with Crippen LogP contribution in [-0.2, 0) is 17.8 Å². The van der Waals surface area contributed by atoms with E-state index >= 15 is 0 Å². The van der Waals surface area contributed by atoms with Crippen molar-refractivity contribution in [2.45, 2.75) is 19.1 Å². The SMILES string of the molecule is CN(C)CCN(C=O)c1nc(Oc2cccc(CC(F)(F)F)c2)n(Cc2ccc(Cl)cc2)c1C(=O)N(C)C. The zero-order chi connectivity index (χ0) is 28.0. The Bertz CT molecular complexity index is 1260. The molecule has 0 saturated heterocycles. The highest BCUT2D eigenvalue weighted by atomic mass is 35.5. The van der Waals surface area contributed by atoms with Crippen LogP contribution in [0.2, 0.25) is 5.02 Å². The van der Waals surface area contributed by atoms with Crippen molar-refractivity contribution in [3.05, 3.63) is 70.4 Å². The van der Waals surface area contributed by atoms with Gasteiger partial charge in [0.15, 0.2) is 11.5 Å². The molecule has 0 fully saturated rings. The molecule has 3 rings (SSSR count). The second-order valence-corrected chi connectivity index (χ2v) is 9.56. The number of hydrogen-bond acceptors (Lipinski definition) is 5. The topological polar surface area (TPSA) is 70.9 Å². The van der Waals surface area contributed by atoms with Crippen LogP contribution in [-0.4, -0.2) is 79.1 Å². The van der Waals surface area contributed by atoms with Crippen LogP contribution in [0.25, 0.3) is 0 Å². The maximum Gasteiger partial charge on any atom is 0.393 e. The number of likely N-dealkylation sites (N-methyl/N-ethyl adjacent to an activating group) is 1. The minimum atomic E-state index is -4.39. The average Bonchev–Trinajstić information content (AvgIpc) is 3.16. The fourth-order valence-electron chi connectivity index (χ4n) is 3.61. The largest absolute Gasteiger partial charge is 0.425 e. The van der Waals surface area contributed by atoms with Gasteiger partial charge < -0.3 is 14.5 Å². The monoisotopic (exact) mass is 551 g/mol. The summed E-state index contributed by atoms with van der Waals surface area (Å²) in [4.78, 5) is 34.5. The van der Waals surface area contributed by atoms with Crippen LogP contribution in [0.3, 0.4) is 0 Å². The van der Waals surface area contributed by atoms with Crippen LogP contribution in [0.15, 0.2) is 48.5 Å². The van der Waals surface area contributed by atoms with E-state index in [-0.39, 0.29) is 41.9 Å². The van der Waals surface area contributed by atoms with Crippen LogP contribution in [0.4, 0.5) is 19.0 Å². The predicted octanol–water partition coefficient (Wildman–Crippen LogP) is 4.71. The molecule has 38 heavy (non-hydrogen) atoms. The number of amides is 2. The number of aromatic nitrogens is 2. The first-order valence-electron chi connectivity index (χ1n) is 11.6. The lowest BCUT2D eigenvalue weighted by Gasteiger charge is -2.20. The summed E-state index contributed by atoms with van der Waals surface area (Å²) in [6.45, 7) is 0.855. The van der Waals surface area contributed by atoms with E-state index in [1.54, 1.807) is 38.4 Å². The third-order valence-electron chi connectivity index (χ3n) is 5.48. The van der Waals surface area contributed by atoms with Crippen molar-refractivity contribution in [1.82, 2.24) is 19.4 Å². The lowest BCUT2D eigenvalue weighted by Crippen LogP contribution is -2.33. The first-order valence-corrected chi connectivity index (χ1v) is 12.0. The van der Waals surface area contributed by atoms with Gasteiger partial charge in [0, 0.05) is 32.2 Å². The van der Waals surface area contributed by atoms with Crippen molar-refractivity contribution in [2.75, 3.05) is 46.2 Å². The van der Waals surface area contributed by atoms with Gasteiger partial charge in [-0.2, -0.15) is 18.2 Å². The molecule has 0 saturated carbocycles. The van der Waals surface area contributed by atoms with Crippen LogP contribution >= 0.6 is 11.6 Å². The first kappa shape index (κ1) is 29.0. The molecule has 12 heteroatoms. The molecule has 8 nitrogen and oxygen atoms in total.